The van der Waals surface area contributed by atoms with E-state index in [1.54, 1.807) is 6.26 Å². The van der Waals surface area contributed by atoms with Crippen LogP contribution in [-0.2, 0) is 6.54 Å². The van der Waals surface area contributed by atoms with E-state index in [0.717, 1.165) is 16.9 Å². The van der Waals surface area contributed by atoms with Crippen LogP contribution in [-0.4, -0.2) is 0 Å². The van der Waals surface area contributed by atoms with Crippen LogP contribution in [0.25, 0.3) is 11.3 Å². The molecule has 2 aliphatic rings. The summed E-state index contributed by atoms with van der Waals surface area (Å²) in [7, 11) is 0. The summed E-state index contributed by atoms with van der Waals surface area (Å²) in [5.41, 5.74) is 7.78. The number of hydrogen-bond donors (Lipinski definition) is 1. The van der Waals surface area contributed by atoms with E-state index in [2.05, 4.69) is 0 Å². The van der Waals surface area contributed by atoms with Gasteiger partial charge in [-0.2, -0.15) is 0 Å². The van der Waals surface area contributed by atoms with E-state index in [9.17, 15) is 0 Å². The topological polar surface area (TPSA) is 39.2 Å². The van der Waals surface area contributed by atoms with Crippen molar-refractivity contribution in [1.82, 2.24) is 0 Å². The Morgan fingerprint density at radius 2 is 2.18 bits per heavy atom. The van der Waals surface area contributed by atoms with Gasteiger partial charge in [0, 0.05) is 12.1 Å². The van der Waals surface area contributed by atoms with E-state index in [-0.39, 0.29) is 0 Å². The van der Waals surface area contributed by atoms with E-state index in [1.165, 1.54) is 0 Å². The van der Waals surface area contributed by atoms with Crippen LogP contribution >= 0.6 is 0 Å². The first-order chi connectivity index (χ1) is 5.42. The van der Waals surface area contributed by atoms with Gasteiger partial charge in [0.2, 0.25) is 0 Å². The third kappa shape index (κ3) is 0.917. The molecule has 0 spiro atoms. The summed E-state index contributed by atoms with van der Waals surface area (Å²) < 4.78 is 5.24. The molecule has 0 radical (unpaired) electrons. The van der Waals surface area contributed by atoms with Crippen molar-refractivity contribution in [3.05, 3.63) is 36.1 Å². The summed E-state index contributed by atoms with van der Waals surface area (Å²) in [5.74, 6) is 0.910. The molecule has 56 valence electrons. The van der Waals surface area contributed by atoms with Gasteiger partial charge in [-0.25, -0.2) is 0 Å². The van der Waals surface area contributed by atoms with E-state index < -0.39 is 0 Å². The molecule has 0 bridgehead atoms. The molecule has 0 amide bonds. The smallest absolute Gasteiger partial charge is 0.134 e. The van der Waals surface area contributed by atoms with Crippen LogP contribution in [0.1, 0.15) is 5.56 Å². The Morgan fingerprint density at radius 1 is 1.27 bits per heavy atom. The summed E-state index contributed by atoms with van der Waals surface area (Å²) in [4.78, 5) is 0. The van der Waals surface area contributed by atoms with Crippen LogP contribution in [0.4, 0.5) is 0 Å². The maximum Gasteiger partial charge on any atom is 0.134 e. The largest absolute Gasteiger partial charge is 0.464 e. The average molecular weight is 147 g/mol. The van der Waals surface area contributed by atoms with E-state index in [0.29, 0.717) is 6.54 Å². The average Bonchev–Trinajstić information content (AvgIpc) is 2.47. The highest BCUT2D eigenvalue weighted by Crippen LogP contribution is 2.26. The first kappa shape index (κ1) is 6.43. The van der Waals surface area contributed by atoms with Crippen LogP contribution in [0.3, 0.4) is 0 Å². The third-order valence-corrected chi connectivity index (χ3v) is 1.80. The highest BCUT2D eigenvalue weighted by molar-refractivity contribution is 5.65. The first-order valence-corrected chi connectivity index (χ1v) is 3.57. The summed E-state index contributed by atoms with van der Waals surface area (Å²) in [6.45, 7) is 0.572. The molecule has 0 saturated carbocycles. The minimum absolute atomic E-state index is 0.572. The maximum absolute atomic E-state index is 5.52. The second-order valence-electron chi connectivity index (χ2n) is 2.45. The lowest BCUT2D eigenvalue weighted by molar-refractivity contribution is 0.566. The summed E-state index contributed by atoms with van der Waals surface area (Å²) in [6.07, 6.45) is 1.67. The van der Waals surface area contributed by atoms with Gasteiger partial charge in [0.05, 0.1) is 6.26 Å². The van der Waals surface area contributed by atoms with Gasteiger partial charge in [-0.05, 0) is 23.8 Å². The fraction of sp³-hybridized carbons (Fsp3) is 0.111. The lowest BCUT2D eigenvalue weighted by atomic mass is 10.2. The maximum atomic E-state index is 5.52. The van der Waals surface area contributed by atoms with Crippen molar-refractivity contribution < 1.29 is 4.42 Å². The van der Waals surface area contributed by atoms with Crippen LogP contribution in [0.5, 0.6) is 0 Å². The molecule has 1 aliphatic carbocycles. The molecule has 2 heteroatoms. The molecule has 1 heterocycles. The minimum Gasteiger partial charge on any atom is -0.464 e. The first-order valence-electron chi connectivity index (χ1n) is 3.57. The molecular weight excluding hydrogens is 138 g/mol. The molecule has 0 atom stereocenters. The van der Waals surface area contributed by atoms with E-state index in [1.807, 2.05) is 24.3 Å². The monoisotopic (exact) mass is 147 g/mol. The van der Waals surface area contributed by atoms with Crippen LogP contribution in [0.15, 0.2) is 34.9 Å². The molecule has 11 heavy (non-hydrogen) atoms. The van der Waals surface area contributed by atoms with Gasteiger partial charge in [0.25, 0.3) is 0 Å². The van der Waals surface area contributed by atoms with Gasteiger partial charge in [-0.1, -0.05) is 6.07 Å². The minimum atomic E-state index is 0.572. The Labute approximate surface area is 65.0 Å². The van der Waals surface area contributed by atoms with Gasteiger partial charge >= 0.3 is 0 Å². The van der Waals surface area contributed by atoms with Crippen LogP contribution < -0.4 is 5.73 Å². The Bertz CT molecular complexity index is 326. The van der Waals surface area contributed by atoms with Crippen molar-refractivity contribution >= 4 is 0 Å². The molecule has 2 rings (SSSR count). The Hall–Kier alpha value is -1.28. The summed E-state index contributed by atoms with van der Waals surface area (Å²) in [5, 5.41) is 0. The van der Waals surface area contributed by atoms with E-state index >= 15 is 0 Å². The molecule has 2 nitrogen and oxygen atoms in total. The zero-order valence-corrected chi connectivity index (χ0v) is 6.08. The van der Waals surface area contributed by atoms with Crippen LogP contribution in [0, 0.1) is 0 Å². The fourth-order valence-corrected chi connectivity index (χ4v) is 1.23. The quantitative estimate of drug-likeness (QED) is 0.668. The molecular formula is C9H9NO. The predicted molar refractivity (Wildman–Crippen MR) is 43.2 cm³/mol. The van der Waals surface area contributed by atoms with Crippen molar-refractivity contribution in [2.45, 2.75) is 6.54 Å². The highest BCUT2D eigenvalue weighted by atomic mass is 16.3. The normalized spacial score (nSPS) is 10.6. The zero-order chi connectivity index (χ0) is 7.68. The number of hydrogen-bond acceptors (Lipinski definition) is 2. The van der Waals surface area contributed by atoms with Gasteiger partial charge in [-0.15, -0.1) is 0 Å². The number of nitrogens with two attached hydrogens (primary N) is 1. The molecule has 0 fully saturated rings. The second kappa shape index (κ2) is 2.40. The van der Waals surface area contributed by atoms with Crippen molar-refractivity contribution in [3.8, 4) is 11.3 Å². The summed E-state index contributed by atoms with van der Waals surface area (Å²) in [6, 6.07) is 7.83. The molecule has 0 aromatic heterocycles. The third-order valence-electron chi connectivity index (χ3n) is 1.80. The number of rotatable bonds is 1. The fourth-order valence-electron chi connectivity index (χ4n) is 1.23. The molecule has 2 N–H and O–H groups in total. The van der Waals surface area contributed by atoms with Crippen molar-refractivity contribution in [3.63, 3.8) is 0 Å². The molecule has 1 aliphatic heterocycles. The van der Waals surface area contributed by atoms with Crippen molar-refractivity contribution in [1.29, 1.82) is 0 Å². The lowest BCUT2D eigenvalue weighted by Gasteiger charge is -1.98. The lowest BCUT2D eigenvalue weighted by Crippen LogP contribution is -1.94. The molecule has 0 aromatic carbocycles. The number of fused-ring (bicyclic) bond motifs is 1. The summed E-state index contributed by atoms with van der Waals surface area (Å²) >= 11 is 0. The van der Waals surface area contributed by atoms with E-state index in [4.69, 9.17) is 10.2 Å². The SMILES string of the molecule is NCc1ccc2occcc1-2. The van der Waals surface area contributed by atoms with Gasteiger partial charge in [0.15, 0.2) is 0 Å². The van der Waals surface area contributed by atoms with Gasteiger partial charge in [-0.3, -0.25) is 0 Å². The Balaban J connectivity index is 2.64. The van der Waals surface area contributed by atoms with Crippen molar-refractivity contribution in [2.24, 2.45) is 5.73 Å². The van der Waals surface area contributed by atoms with Gasteiger partial charge < -0.3 is 10.2 Å². The standard InChI is InChI=1S/C9H9NO/c10-6-7-3-4-9-8(7)2-1-5-11-9/h1-5H,6,10H2. The van der Waals surface area contributed by atoms with Crippen molar-refractivity contribution in [2.75, 3.05) is 0 Å². The highest BCUT2D eigenvalue weighted by Gasteiger charge is 2.07. The predicted octanol–water partition coefficient (Wildman–Crippen LogP) is 1.84. The Kier molecular flexibility index (Phi) is 1.40. The molecule has 0 saturated heterocycles. The van der Waals surface area contributed by atoms with Gasteiger partial charge in [0.1, 0.15) is 5.76 Å². The van der Waals surface area contributed by atoms with Crippen LogP contribution in [0.2, 0.25) is 0 Å². The zero-order valence-electron chi connectivity index (χ0n) is 6.08. The molecule has 0 unspecified atom stereocenters. The molecule has 0 aromatic rings. The Morgan fingerprint density at radius 3 is 3.00 bits per heavy atom. The second-order valence-corrected chi connectivity index (χ2v) is 2.45.